The van der Waals surface area contributed by atoms with Crippen molar-refractivity contribution in [2.24, 2.45) is 5.73 Å². The predicted molar refractivity (Wildman–Crippen MR) is 116 cm³/mol. The number of likely N-dealkylation sites (tertiary alicyclic amines) is 2. The second-order valence-corrected chi connectivity index (χ2v) is 8.65. The molecule has 0 saturated carbocycles. The molecule has 2 N–H and O–H groups in total. The van der Waals surface area contributed by atoms with Gasteiger partial charge in [0, 0.05) is 31.7 Å². The molecule has 8 heteroatoms. The minimum absolute atomic E-state index is 0.0616. The Morgan fingerprint density at radius 2 is 1.90 bits per heavy atom. The Morgan fingerprint density at radius 3 is 2.63 bits per heavy atom. The Hall–Kier alpha value is -2.68. The predicted octanol–water partition coefficient (Wildman–Crippen LogP) is 2.71. The van der Waals surface area contributed by atoms with Crippen molar-refractivity contribution in [1.82, 2.24) is 14.8 Å². The maximum Gasteiger partial charge on any atom is 0.279 e. The van der Waals surface area contributed by atoms with Crippen LogP contribution in [0.4, 0.5) is 0 Å². The first-order chi connectivity index (χ1) is 14.7. The lowest BCUT2D eigenvalue weighted by Gasteiger charge is -2.33. The largest absolute Gasteiger partial charge is 0.492 e. The maximum atomic E-state index is 11.8. The van der Waals surface area contributed by atoms with Crippen molar-refractivity contribution in [1.29, 1.82) is 0 Å². The molecule has 0 unspecified atom stereocenters. The number of aromatic nitrogens is 1. The van der Waals surface area contributed by atoms with Crippen molar-refractivity contribution in [3.05, 3.63) is 48.5 Å². The smallest absolute Gasteiger partial charge is 0.279 e. The number of hydrogen-bond donors (Lipinski definition) is 1. The van der Waals surface area contributed by atoms with Gasteiger partial charge in [0.25, 0.3) is 5.19 Å². The Kier molecular flexibility index (Phi) is 5.28. The number of ether oxygens (including phenoxy) is 2. The molecule has 2 aromatic carbocycles. The van der Waals surface area contributed by atoms with Gasteiger partial charge in [-0.1, -0.05) is 23.5 Å². The second kappa shape index (κ2) is 8.22. The number of hydrogen-bond acceptors (Lipinski definition) is 7. The highest BCUT2D eigenvalue weighted by Crippen LogP contribution is 2.32. The lowest BCUT2D eigenvalue weighted by atomic mass is 10.2. The van der Waals surface area contributed by atoms with Crippen molar-refractivity contribution in [2.75, 3.05) is 32.8 Å². The van der Waals surface area contributed by atoms with Gasteiger partial charge in [-0.15, -0.1) is 0 Å². The minimum atomic E-state index is 0.0616. The van der Waals surface area contributed by atoms with E-state index in [0.29, 0.717) is 23.9 Å². The molecule has 156 valence electrons. The van der Waals surface area contributed by atoms with Gasteiger partial charge in [0.2, 0.25) is 5.91 Å². The van der Waals surface area contributed by atoms with Crippen molar-refractivity contribution < 1.29 is 14.3 Å². The van der Waals surface area contributed by atoms with E-state index >= 15 is 0 Å². The number of piperazine rings is 1. The SMILES string of the molecule is NCC(=O)N1C[C@@H]2C[C@H]1CN2CCOc1ccc(Oc2nc3ccccc3s2)cc1. The van der Waals surface area contributed by atoms with Gasteiger partial charge in [-0.05, 0) is 42.8 Å². The fourth-order valence-electron chi connectivity index (χ4n) is 4.33. The monoisotopic (exact) mass is 424 g/mol. The summed E-state index contributed by atoms with van der Waals surface area (Å²) < 4.78 is 12.9. The van der Waals surface area contributed by atoms with E-state index in [0.717, 1.165) is 47.8 Å². The van der Waals surface area contributed by atoms with E-state index in [1.807, 2.05) is 53.4 Å². The first kappa shape index (κ1) is 19.3. The van der Waals surface area contributed by atoms with Crippen molar-refractivity contribution in [3.8, 4) is 16.7 Å². The number of para-hydroxylation sites is 1. The molecule has 2 aliphatic rings. The summed E-state index contributed by atoms with van der Waals surface area (Å²) in [5.74, 6) is 1.62. The minimum Gasteiger partial charge on any atom is -0.492 e. The third-order valence-electron chi connectivity index (χ3n) is 5.80. The number of rotatable bonds is 7. The van der Waals surface area contributed by atoms with E-state index in [4.69, 9.17) is 15.2 Å². The highest BCUT2D eigenvalue weighted by atomic mass is 32.1. The van der Waals surface area contributed by atoms with E-state index in [1.165, 1.54) is 11.3 Å². The normalized spacial score (nSPS) is 20.8. The molecule has 2 bridgehead atoms. The number of nitrogens with two attached hydrogens (primary N) is 1. The van der Waals surface area contributed by atoms with Gasteiger partial charge in [-0.2, -0.15) is 0 Å². The molecule has 30 heavy (non-hydrogen) atoms. The molecule has 3 heterocycles. The zero-order valence-electron chi connectivity index (χ0n) is 16.6. The van der Waals surface area contributed by atoms with Crippen molar-refractivity contribution in [3.63, 3.8) is 0 Å². The van der Waals surface area contributed by atoms with E-state index in [-0.39, 0.29) is 12.5 Å². The maximum absolute atomic E-state index is 11.8. The van der Waals surface area contributed by atoms with Crippen LogP contribution in [0.3, 0.4) is 0 Å². The molecule has 3 aromatic rings. The third kappa shape index (κ3) is 3.86. The number of carbonyl (C=O) groups excluding carboxylic acids is 1. The van der Waals surface area contributed by atoms with Gasteiger partial charge in [0.15, 0.2) is 0 Å². The average Bonchev–Trinajstić information content (AvgIpc) is 3.48. The summed E-state index contributed by atoms with van der Waals surface area (Å²) in [6, 6.07) is 16.4. The number of benzene rings is 2. The lowest BCUT2D eigenvalue weighted by Crippen LogP contribution is -2.51. The number of fused-ring (bicyclic) bond motifs is 3. The summed E-state index contributed by atoms with van der Waals surface area (Å²) in [6.07, 6.45) is 1.05. The highest BCUT2D eigenvalue weighted by Gasteiger charge is 2.44. The van der Waals surface area contributed by atoms with Gasteiger partial charge in [0.1, 0.15) is 18.1 Å². The fraction of sp³-hybridized carbons (Fsp3) is 0.364. The molecule has 0 spiro atoms. The van der Waals surface area contributed by atoms with E-state index in [9.17, 15) is 4.79 Å². The van der Waals surface area contributed by atoms with Gasteiger partial charge in [-0.25, -0.2) is 4.98 Å². The van der Waals surface area contributed by atoms with Crippen LogP contribution in [0.15, 0.2) is 48.5 Å². The molecule has 0 radical (unpaired) electrons. The molecular formula is C22H24N4O3S. The number of amides is 1. The van der Waals surface area contributed by atoms with Gasteiger partial charge in [-0.3, -0.25) is 9.69 Å². The van der Waals surface area contributed by atoms with Crippen LogP contribution in [-0.4, -0.2) is 65.6 Å². The van der Waals surface area contributed by atoms with Crippen molar-refractivity contribution in [2.45, 2.75) is 18.5 Å². The van der Waals surface area contributed by atoms with Crippen LogP contribution in [0.5, 0.6) is 16.7 Å². The van der Waals surface area contributed by atoms with Gasteiger partial charge >= 0.3 is 0 Å². The molecule has 2 atom stereocenters. The van der Waals surface area contributed by atoms with Crippen LogP contribution in [0.1, 0.15) is 6.42 Å². The van der Waals surface area contributed by atoms with Crippen molar-refractivity contribution >= 4 is 27.5 Å². The topological polar surface area (TPSA) is 80.9 Å². The fourth-order valence-corrected chi connectivity index (χ4v) is 5.16. The number of nitrogens with zero attached hydrogens (tertiary/aromatic N) is 3. The van der Waals surface area contributed by atoms with Gasteiger partial charge in [0.05, 0.1) is 16.8 Å². The first-order valence-electron chi connectivity index (χ1n) is 10.2. The zero-order valence-corrected chi connectivity index (χ0v) is 17.4. The molecule has 2 fully saturated rings. The summed E-state index contributed by atoms with van der Waals surface area (Å²) in [5.41, 5.74) is 6.45. The quantitative estimate of drug-likeness (QED) is 0.628. The highest BCUT2D eigenvalue weighted by molar-refractivity contribution is 7.20. The Labute approximate surface area is 179 Å². The second-order valence-electron chi connectivity index (χ2n) is 7.66. The lowest BCUT2D eigenvalue weighted by molar-refractivity contribution is -0.132. The van der Waals surface area contributed by atoms with Crippen LogP contribution in [0.25, 0.3) is 10.2 Å². The molecule has 1 amide bonds. The number of thiazole rings is 1. The Bertz CT molecular complexity index is 1010. The molecule has 2 aliphatic heterocycles. The average molecular weight is 425 g/mol. The molecule has 2 saturated heterocycles. The van der Waals surface area contributed by atoms with E-state index < -0.39 is 0 Å². The number of carbonyl (C=O) groups is 1. The summed E-state index contributed by atoms with van der Waals surface area (Å²) in [4.78, 5) is 20.7. The first-order valence-corrected chi connectivity index (χ1v) is 11.0. The van der Waals surface area contributed by atoms with Crippen LogP contribution in [0, 0.1) is 0 Å². The molecule has 7 nitrogen and oxygen atoms in total. The van der Waals surface area contributed by atoms with E-state index in [1.54, 1.807) is 0 Å². The van der Waals surface area contributed by atoms with Crippen LogP contribution in [-0.2, 0) is 4.79 Å². The summed E-state index contributed by atoms with van der Waals surface area (Å²) in [5, 5.41) is 0.635. The summed E-state index contributed by atoms with van der Waals surface area (Å²) >= 11 is 1.53. The van der Waals surface area contributed by atoms with Gasteiger partial charge < -0.3 is 20.1 Å². The van der Waals surface area contributed by atoms with Crippen LogP contribution in [0.2, 0.25) is 0 Å². The molecule has 0 aliphatic carbocycles. The third-order valence-corrected chi connectivity index (χ3v) is 6.71. The van der Waals surface area contributed by atoms with E-state index in [2.05, 4.69) is 9.88 Å². The molecule has 5 rings (SSSR count). The molecular weight excluding hydrogens is 400 g/mol. The van der Waals surface area contributed by atoms with Crippen LogP contribution < -0.4 is 15.2 Å². The standard InChI is InChI=1S/C22H24N4O3S/c23-12-21(27)26-14-15-11-16(26)13-25(15)9-10-28-17-5-7-18(8-6-17)29-22-24-19-3-1-2-4-20(19)30-22/h1-8,15-16H,9-14,23H2/t15-,16-/m0/s1. The van der Waals surface area contributed by atoms with Crippen LogP contribution >= 0.6 is 11.3 Å². The Balaban J connectivity index is 1.10. The zero-order chi connectivity index (χ0) is 20.5. The Morgan fingerprint density at radius 1 is 1.10 bits per heavy atom. The molecule has 1 aromatic heterocycles. The summed E-state index contributed by atoms with van der Waals surface area (Å²) in [6.45, 7) is 3.28. The summed E-state index contributed by atoms with van der Waals surface area (Å²) in [7, 11) is 0.